The number of carboxylic acid groups (broad SMARTS) is 1. The highest BCUT2D eigenvalue weighted by atomic mass is 32.2. The van der Waals surface area contributed by atoms with Crippen LogP contribution in [0.4, 0.5) is 10.5 Å². The molecule has 1 atom stereocenters. The van der Waals surface area contributed by atoms with E-state index < -0.39 is 18.0 Å². The van der Waals surface area contributed by atoms with Gasteiger partial charge in [0.2, 0.25) is 0 Å². The van der Waals surface area contributed by atoms with Crippen LogP contribution in [-0.2, 0) is 9.53 Å². The maximum absolute atomic E-state index is 11.7. The van der Waals surface area contributed by atoms with Crippen LogP contribution in [0.25, 0.3) is 0 Å². The average Bonchev–Trinajstić information content (AvgIpc) is 2.38. The molecular formula is C12H16N2O4S. The zero-order chi connectivity index (χ0) is 14.3. The molecule has 19 heavy (non-hydrogen) atoms. The SMILES string of the molecule is COCC(NC(=O)Nc1ccccc1SC)C(=O)O. The van der Waals surface area contributed by atoms with E-state index in [-0.39, 0.29) is 6.61 Å². The summed E-state index contributed by atoms with van der Waals surface area (Å²) in [6, 6.07) is 5.61. The van der Waals surface area contributed by atoms with Crippen molar-refractivity contribution in [3.05, 3.63) is 24.3 Å². The van der Waals surface area contributed by atoms with Crippen LogP contribution in [0.3, 0.4) is 0 Å². The number of carbonyl (C=O) groups excluding carboxylic acids is 1. The number of amides is 2. The number of methoxy groups -OCH3 is 1. The smallest absolute Gasteiger partial charge is 0.328 e. The van der Waals surface area contributed by atoms with Crippen molar-refractivity contribution in [2.75, 3.05) is 25.3 Å². The number of carbonyl (C=O) groups is 2. The van der Waals surface area contributed by atoms with Crippen molar-refractivity contribution >= 4 is 29.4 Å². The second-order valence-corrected chi connectivity index (χ2v) is 4.49. The number of anilines is 1. The topological polar surface area (TPSA) is 87.7 Å². The van der Waals surface area contributed by atoms with Crippen LogP contribution in [0.15, 0.2) is 29.2 Å². The monoisotopic (exact) mass is 284 g/mol. The summed E-state index contributed by atoms with van der Waals surface area (Å²) in [5, 5.41) is 13.8. The molecule has 3 N–H and O–H groups in total. The van der Waals surface area contributed by atoms with Gasteiger partial charge in [-0.15, -0.1) is 11.8 Å². The average molecular weight is 284 g/mol. The molecule has 1 aromatic carbocycles. The molecule has 6 nitrogen and oxygen atoms in total. The van der Waals surface area contributed by atoms with Crippen LogP contribution in [0.5, 0.6) is 0 Å². The Hall–Kier alpha value is -1.73. The lowest BCUT2D eigenvalue weighted by atomic mass is 10.3. The highest BCUT2D eigenvalue weighted by Crippen LogP contribution is 2.24. The van der Waals surface area contributed by atoms with Crippen LogP contribution in [-0.4, -0.2) is 43.1 Å². The third-order valence-corrected chi connectivity index (χ3v) is 3.09. The zero-order valence-electron chi connectivity index (χ0n) is 10.7. The van der Waals surface area contributed by atoms with Crippen molar-refractivity contribution in [2.45, 2.75) is 10.9 Å². The fraction of sp³-hybridized carbons (Fsp3) is 0.333. The van der Waals surface area contributed by atoms with E-state index in [0.29, 0.717) is 5.69 Å². The summed E-state index contributed by atoms with van der Waals surface area (Å²) in [5.74, 6) is -1.14. The van der Waals surface area contributed by atoms with Crippen molar-refractivity contribution in [3.8, 4) is 0 Å². The first kappa shape index (κ1) is 15.3. The summed E-state index contributed by atoms with van der Waals surface area (Å²) in [4.78, 5) is 23.5. The maximum atomic E-state index is 11.7. The summed E-state index contributed by atoms with van der Waals surface area (Å²) in [5.41, 5.74) is 0.633. The van der Waals surface area contributed by atoms with Crippen molar-refractivity contribution in [1.29, 1.82) is 0 Å². The predicted molar refractivity (Wildman–Crippen MR) is 73.7 cm³/mol. The molecular weight excluding hydrogens is 268 g/mol. The minimum atomic E-state index is -1.14. The number of ether oxygens (including phenoxy) is 1. The van der Waals surface area contributed by atoms with Crippen molar-refractivity contribution < 1.29 is 19.4 Å². The third kappa shape index (κ3) is 4.80. The first-order valence-corrected chi connectivity index (χ1v) is 6.73. The molecule has 1 rings (SSSR count). The molecule has 0 radical (unpaired) electrons. The maximum Gasteiger partial charge on any atom is 0.328 e. The Morgan fingerprint density at radius 1 is 1.42 bits per heavy atom. The first-order valence-electron chi connectivity index (χ1n) is 5.50. The van der Waals surface area contributed by atoms with Gasteiger partial charge in [-0.1, -0.05) is 12.1 Å². The van der Waals surface area contributed by atoms with Crippen molar-refractivity contribution in [2.24, 2.45) is 0 Å². The van der Waals surface area contributed by atoms with E-state index in [9.17, 15) is 9.59 Å². The minimum absolute atomic E-state index is 0.0903. The number of carboxylic acids is 1. The van der Waals surface area contributed by atoms with Crippen LogP contribution in [0.2, 0.25) is 0 Å². The molecule has 1 unspecified atom stereocenters. The molecule has 0 aliphatic rings. The number of nitrogens with one attached hydrogen (secondary N) is 2. The number of hydrogen-bond acceptors (Lipinski definition) is 4. The molecule has 0 saturated carbocycles. The molecule has 0 saturated heterocycles. The highest BCUT2D eigenvalue weighted by molar-refractivity contribution is 7.98. The minimum Gasteiger partial charge on any atom is -0.480 e. The van der Waals surface area contributed by atoms with Gasteiger partial charge < -0.3 is 20.5 Å². The second-order valence-electron chi connectivity index (χ2n) is 3.64. The summed E-state index contributed by atoms with van der Waals surface area (Å²) < 4.78 is 4.73. The summed E-state index contributed by atoms with van der Waals surface area (Å²) in [7, 11) is 1.37. The fourth-order valence-corrected chi connectivity index (χ4v) is 1.96. The van der Waals surface area contributed by atoms with Gasteiger partial charge in [0.1, 0.15) is 0 Å². The number of aliphatic carboxylic acids is 1. The Morgan fingerprint density at radius 2 is 2.11 bits per heavy atom. The molecule has 1 aromatic rings. The fourth-order valence-electron chi connectivity index (χ4n) is 1.41. The number of rotatable bonds is 6. The molecule has 2 amide bonds. The summed E-state index contributed by atoms with van der Waals surface area (Å²) >= 11 is 1.49. The Morgan fingerprint density at radius 3 is 2.68 bits per heavy atom. The standard InChI is InChI=1S/C12H16N2O4S/c1-18-7-9(11(15)16)14-12(17)13-8-5-3-4-6-10(8)19-2/h3-6,9H,7H2,1-2H3,(H,15,16)(H2,13,14,17). The number of urea groups is 1. The largest absolute Gasteiger partial charge is 0.480 e. The van der Waals surface area contributed by atoms with E-state index in [4.69, 9.17) is 9.84 Å². The molecule has 7 heteroatoms. The summed E-state index contributed by atoms with van der Waals surface area (Å²) in [6.07, 6.45) is 1.89. The summed E-state index contributed by atoms with van der Waals surface area (Å²) in [6.45, 7) is -0.0903. The molecule has 0 fully saturated rings. The van der Waals surface area contributed by atoms with E-state index >= 15 is 0 Å². The molecule has 0 aliphatic heterocycles. The van der Waals surface area contributed by atoms with Gasteiger partial charge in [0.15, 0.2) is 6.04 Å². The van der Waals surface area contributed by atoms with E-state index in [1.807, 2.05) is 18.4 Å². The van der Waals surface area contributed by atoms with E-state index in [1.165, 1.54) is 18.9 Å². The second kappa shape index (κ2) is 7.65. The van der Waals surface area contributed by atoms with E-state index in [2.05, 4.69) is 10.6 Å². The van der Waals surface area contributed by atoms with Gasteiger partial charge in [0, 0.05) is 12.0 Å². The molecule has 0 bridgehead atoms. The van der Waals surface area contributed by atoms with E-state index in [1.54, 1.807) is 12.1 Å². The van der Waals surface area contributed by atoms with Gasteiger partial charge in [0.25, 0.3) is 0 Å². The molecule has 0 spiro atoms. The Bertz CT molecular complexity index is 453. The quantitative estimate of drug-likeness (QED) is 0.691. The lowest BCUT2D eigenvalue weighted by molar-refractivity contribution is -0.140. The van der Waals surface area contributed by atoms with Crippen LogP contribution in [0.1, 0.15) is 0 Å². The van der Waals surface area contributed by atoms with Gasteiger partial charge in [-0.3, -0.25) is 0 Å². The van der Waals surface area contributed by atoms with Gasteiger partial charge in [-0.25, -0.2) is 9.59 Å². The highest BCUT2D eigenvalue weighted by Gasteiger charge is 2.19. The van der Waals surface area contributed by atoms with Gasteiger partial charge in [-0.2, -0.15) is 0 Å². The molecule has 0 aliphatic carbocycles. The molecule has 0 aromatic heterocycles. The Balaban J connectivity index is 2.66. The first-order chi connectivity index (χ1) is 9.08. The number of benzene rings is 1. The number of thioether (sulfide) groups is 1. The van der Waals surface area contributed by atoms with E-state index in [0.717, 1.165) is 4.90 Å². The Labute approximate surface area is 115 Å². The van der Waals surface area contributed by atoms with Crippen molar-refractivity contribution in [1.82, 2.24) is 5.32 Å². The van der Waals surface area contributed by atoms with Gasteiger partial charge in [-0.05, 0) is 18.4 Å². The van der Waals surface area contributed by atoms with Gasteiger partial charge >= 0.3 is 12.0 Å². The molecule has 0 heterocycles. The third-order valence-electron chi connectivity index (χ3n) is 2.29. The van der Waals surface area contributed by atoms with Gasteiger partial charge in [0.05, 0.1) is 12.3 Å². The van der Waals surface area contributed by atoms with Crippen LogP contribution >= 0.6 is 11.8 Å². The predicted octanol–water partition coefficient (Wildman–Crippen LogP) is 1.63. The Kier molecular flexibility index (Phi) is 6.17. The van der Waals surface area contributed by atoms with Crippen LogP contribution in [0, 0.1) is 0 Å². The number of para-hydroxylation sites is 1. The zero-order valence-corrected chi connectivity index (χ0v) is 11.5. The lowest BCUT2D eigenvalue weighted by Gasteiger charge is -2.15. The normalized spacial score (nSPS) is 11.7. The molecule has 104 valence electrons. The van der Waals surface area contributed by atoms with Crippen molar-refractivity contribution in [3.63, 3.8) is 0 Å². The van der Waals surface area contributed by atoms with Crippen LogP contribution < -0.4 is 10.6 Å². The number of hydrogen-bond donors (Lipinski definition) is 3. The lowest BCUT2D eigenvalue weighted by Crippen LogP contribution is -2.45.